The summed E-state index contributed by atoms with van der Waals surface area (Å²) in [5.74, 6) is 2.62. The van der Waals surface area contributed by atoms with Gasteiger partial charge in [-0.15, -0.1) is 0 Å². The molecule has 2 fully saturated rings. The highest BCUT2D eigenvalue weighted by atomic mass is 16.1. The van der Waals surface area contributed by atoms with Gasteiger partial charge in [-0.25, -0.2) is 4.98 Å². The van der Waals surface area contributed by atoms with E-state index in [1.54, 1.807) is 0 Å². The van der Waals surface area contributed by atoms with Crippen molar-refractivity contribution in [3.8, 4) is 0 Å². The Morgan fingerprint density at radius 2 is 2.00 bits per heavy atom. The number of carbonyl (C=O) groups is 1. The summed E-state index contributed by atoms with van der Waals surface area (Å²) in [6.45, 7) is 8.41. The molecule has 1 N–H and O–H groups in total. The van der Waals surface area contributed by atoms with Crippen molar-refractivity contribution in [3.05, 3.63) is 22.5 Å². The van der Waals surface area contributed by atoms with Crippen molar-refractivity contribution in [2.75, 3.05) is 0 Å². The van der Waals surface area contributed by atoms with Gasteiger partial charge in [-0.3, -0.25) is 9.48 Å². The second-order valence-electron chi connectivity index (χ2n) is 8.90. The molecule has 2 aromatic rings. The molecule has 4 rings (SSSR count). The Balaban J connectivity index is 1.42. The summed E-state index contributed by atoms with van der Waals surface area (Å²) in [4.78, 5) is 17.4. The third-order valence-corrected chi connectivity index (χ3v) is 7.16. The fourth-order valence-electron chi connectivity index (χ4n) is 5.81. The standard InChI is InChI=1S/C22H32N4O/c1-12-18(13(2)24-22-21(12)15(4)25-26(22)5)8-9-20(27)23-14(3)19-11-16-6-7-17(19)10-16/h14,16-17,19H,6-11H2,1-5H3,(H,23,27)/t14-,16-,17-,19+/m0/s1. The lowest BCUT2D eigenvalue weighted by Gasteiger charge is -2.28. The predicted molar refractivity (Wildman–Crippen MR) is 108 cm³/mol. The van der Waals surface area contributed by atoms with Crippen LogP contribution in [0.2, 0.25) is 0 Å². The number of hydrogen-bond acceptors (Lipinski definition) is 3. The number of aromatic nitrogens is 3. The van der Waals surface area contributed by atoms with Crippen LogP contribution in [-0.2, 0) is 18.3 Å². The van der Waals surface area contributed by atoms with Crippen LogP contribution in [0.4, 0.5) is 0 Å². The Labute approximate surface area is 161 Å². The van der Waals surface area contributed by atoms with Crippen LogP contribution < -0.4 is 5.32 Å². The van der Waals surface area contributed by atoms with Crippen LogP contribution in [0.15, 0.2) is 0 Å². The number of fused-ring (bicyclic) bond motifs is 3. The maximum absolute atomic E-state index is 12.6. The normalized spacial score (nSPS) is 25.3. The van der Waals surface area contributed by atoms with Crippen molar-refractivity contribution in [3.63, 3.8) is 0 Å². The van der Waals surface area contributed by atoms with Crippen molar-refractivity contribution in [1.82, 2.24) is 20.1 Å². The van der Waals surface area contributed by atoms with E-state index in [0.29, 0.717) is 18.4 Å². The zero-order chi connectivity index (χ0) is 19.3. The second kappa shape index (κ2) is 6.92. The van der Waals surface area contributed by atoms with Gasteiger partial charge in [0.05, 0.1) is 5.69 Å². The van der Waals surface area contributed by atoms with E-state index >= 15 is 0 Å². The number of aryl methyl sites for hydroxylation is 4. The molecule has 0 unspecified atom stereocenters. The molecule has 27 heavy (non-hydrogen) atoms. The van der Waals surface area contributed by atoms with Crippen molar-refractivity contribution in [1.29, 1.82) is 0 Å². The Morgan fingerprint density at radius 3 is 2.67 bits per heavy atom. The monoisotopic (exact) mass is 368 g/mol. The summed E-state index contributed by atoms with van der Waals surface area (Å²) in [7, 11) is 1.94. The maximum Gasteiger partial charge on any atom is 0.220 e. The van der Waals surface area contributed by atoms with Gasteiger partial charge in [0.1, 0.15) is 0 Å². The molecule has 0 aliphatic heterocycles. The van der Waals surface area contributed by atoms with Gasteiger partial charge >= 0.3 is 0 Å². The second-order valence-corrected chi connectivity index (χ2v) is 8.90. The largest absolute Gasteiger partial charge is 0.353 e. The molecule has 5 nitrogen and oxygen atoms in total. The fourth-order valence-corrected chi connectivity index (χ4v) is 5.81. The molecule has 0 saturated heterocycles. The lowest BCUT2D eigenvalue weighted by molar-refractivity contribution is -0.122. The summed E-state index contributed by atoms with van der Waals surface area (Å²) in [5.41, 5.74) is 5.36. The average molecular weight is 369 g/mol. The average Bonchev–Trinajstić information content (AvgIpc) is 3.30. The SMILES string of the molecule is Cc1nc2c(c(C)nn2C)c(C)c1CCC(=O)N[C@@H](C)[C@H]1C[C@H]2CC[C@H]1C2. The van der Waals surface area contributed by atoms with Gasteiger partial charge in [0.2, 0.25) is 5.91 Å². The van der Waals surface area contributed by atoms with Crippen LogP contribution >= 0.6 is 0 Å². The number of rotatable bonds is 5. The molecule has 0 aromatic carbocycles. The lowest BCUT2D eigenvalue weighted by Crippen LogP contribution is -2.40. The summed E-state index contributed by atoms with van der Waals surface area (Å²) in [6, 6.07) is 0.302. The van der Waals surface area contributed by atoms with Gasteiger partial charge in [0.25, 0.3) is 0 Å². The molecule has 2 aromatic heterocycles. The van der Waals surface area contributed by atoms with Gasteiger partial charge in [-0.05, 0) is 82.3 Å². The number of pyridine rings is 1. The van der Waals surface area contributed by atoms with Gasteiger partial charge < -0.3 is 5.32 Å². The van der Waals surface area contributed by atoms with Crippen molar-refractivity contribution < 1.29 is 4.79 Å². The molecule has 2 bridgehead atoms. The van der Waals surface area contributed by atoms with E-state index in [0.717, 1.165) is 40.7 Å². The minimum absolute atomic E-state index is 0.173. The molecule has 2 aliphatic carbocycles. The molecule has 1 amide bonds. The highest BCUT2D eigenvalue weighted by Gasteiger charge is 2.42. The van der Waals surface area contributed by atoms with E-state index in [2.05, 4.69) is 24.3 Å². The molecule has 2 heterocycles. The van der Waals surface area contributed by atoms with Gasteiger partial charge in [-0.1, -0.05) is 6.42 Å². The van der Waals surface area contributed by atoms with Crippen LogP contribution in [0.1, 0.15) is 61.5 Å². The molecule has 0 spiro atoms. The van der Waals surface area contributed by atoms with Crippen LogP contribution in [-0.4, -0.2) is 26.7 Å². The minimum Gasteiger partial charge on any atom is -0.353 e. The Bertz CT molecular complexity index is 884. The van der Waals surface area contributed by atoms with Gasteiger partial charge in [0, 0.05) is 30.6 Å². The molecular formula is C22H32N4O. The number of carbonyl (C=O) groups excluding carboxylic acids is 1. The first-order chi connectivity index (χ1) is 12.8. The van der Waals surface area contributed by atoms with Crippen LogP contribution in [0, 0.1) is 38.5 Å². The Hall–Kier alpha value is -1.91. The van der Waals surface area contributed by atoms with Crippen molar-refractivity contribution >= 4 is 16.9 Å². The summed E-state index contributed by atoms with van der Waals surface area (Å²) in [6.07, 6.45) is 6.74. The first-order valence-electron chi connectivity index (χ1n) is 10.4. The first-order valence-corrected chi connectivity index (χ1v) is 10.4. The summed E-state index contributed by atoms with van der Waals surface area (Å²) < 4.78 is 1.85. The molecule has 5 heteroatoms. The molecule has 0 radical (unpaired) electrons. The predicted octanol–water partition coefficient (Wildman–Crippen LogP) is 3.77. The third-order valence-electron chi connectivity index (χ3n) is 7.16. The van der Waals surface area contributed by atoms with Crippen LogP contribution in [0.3, 0.4) is 0 Å². The fraction of sp³-hybridized carbons (Fsp3) is 0.682. The highest BCUT2D eigenvalue weighted by molar-refractivity contribution is 5.84. The molecular weight excluding hydrogens is 336 g/mol. The van der Waals surface area contributed by atoms with Crippen molar-refractivity contribution in [2.45, 2.75) is 72.3 Å². The van der Waals surface area contributed by atoms with Crippen LogP contribution in [0.25, 0.3) is 11.0 Å². The van der Waals surface area contributed by atoms with Crippen molar-refractivity contribution in [2.24, 2.45) is 24.8 Å². The minimum atomic E-state index is 0.173. The zero-order valence-corrected chi connectivity index (χ0v) is 17.3. The molecule has 2 aliphatic rings. The topological polar surface area (TPSA) is 59.8 Å². The van der Waals surface area contributed by atoms with E-state index in [1.807, 2.05) is 25.6 Å². The highest BCUT2D eigenvalue weighted by Crippen LogP contribution is 2.49. The van der Waals surface area contributed by atoms with E-state index in [4.69, 9.17) is 4.98 Å². The molecule has 146 valence electrons. The molecule has 2 saturated carbocycles. The van der Waals surface area contributed by atoms with E-state index in [-0.39, 0.29) is 5.91 Å². The Kier molecular flexibility index (Phi) is 4.73. The maximum atomic E-state index is 12.6. The summed E-state index contributed by atoms with van der Waals surface area (Å²) in [5, 5.41) is 8.93. The number of nitrogens with one attached hydrogen (secondary N) is 1. The van der Waals surface area contributed by atoms with Gasteiger partial charge in [-0.2, -0.15) is 5.10 Å². The Morgan fingerprint density at radius 1 is 1.22 bits per heavy atom. The lowest BCUT2D eigenvalue weighted by atomic mass is 9.84. The number of nitrogens with zero attached hydrogens (tertiary/aromatic N) is 3. The zero-order valence-electron chi connectivity index (χ0n) is 17.3. The summed E-state index contributed by atoms with van der Waals surface area (Å²) >= 11 is 0. The molecule has 4 atom stereocenters. The number of amides is 1. The number of hydrogen-bond donors (Lipinski definition) is 1. The first kappa shape index (κ1) is 18.5. The smallest absolute Gasteiger partial charge is 0.220 e. The third kappa shape index (κ3) is 3.26. The van der Waals surface area contributed by atoms with E-state index in [1.165, 1.54) is 36.8 Å². The van der Waals surface area contributed by atoms with E-state index < -0.39 is 0 Å². The van der Waals surface area contributed by atoms with E-state index in [9.17, 15) is 4.79 Å². The van der Waals surface area contributed by atoms with Crippen LogP contribution in [0.5, 0.6) is 0 Å². The van der Waals surface area contributed by atoms with Gasteiger partial charge in [0.15, 0.2) is 5.65 Å². The quantitative estimate of drug-likeness (QED) is 0.874.